The van der Waals surface area contributed by atoms with Crippen LogP contribution in [0.15, 0.2) is 42.5 Å². The van der Waals surface area contributed by atoms with Crippen molar-refractivity contribution in [1.82, 2.24) is 14.7 Å². The number of nitrogens with one attached hydrogen (secondary N) is 1. The van der Waals surface area contributed by atoms with Gasteiger partial charge in [0.05, 0.1) is 28.3 Å². The van der Waals surface area contributed by atoms with Crippen LogP contribution in [0.5, 0.6) is 0 Å². The maximum absolute atomic E-state index is 14.0. The van der Waals surface area contributed by atoms with Gasteiger partial charge in [-0.25, -0.2) is 13.5 Å². The van der Waals surface area contributed by atoms with E-state index in [0.29, 0.717) is 37.7 Å². The predicted molar refractivity (Wildman–Crippen MR) is 121 cm³/mol. The van der Waals surface area contributed by atoms with Gasteiger partial charge in [0, 0.05) is 25.1 Å². The van der Waals surface area contributed by atoms with Gasteiger partial charge in [0.2, 0.25) is 5.91 Å². The topological polar surface area (TPSA) is 67.2 Å². The van der Waals surface area contributed by atoms with Gasteiger partial charge < -0.3 is 10.2 Å². The zero-order chi connectivity index (χ0) is 23.7. The van der Waals surface area contributed by atoms with Crippen molar-refractivity contribution < 1.29 is 18.4 Å². The van der Waals surface area contributed by atoms with Crippen LogP contribution in [0, 0.1) is 38.3 Å². The number of carbonyl (C=O) groups excluding carboxylic acids is 2. The molecule has 6 nitrogen and oxygen atoms in total. The highest BCUT2D eigenvalue weighted by Gasteiger charge is 2.30. The molecule has 2 amide bonds. The molecular weight excluding hydrogens is 426 g/mol. The van der Waals surface area contributed by atoms with E-state index >= 15 is 0 Å². The Hall–Kier alpha value is -3.55. The maximum Gasteiger partial charge on any atom is 0.256 e. The van der Waals surface area contributed by atoms with Crippen LogP contribution in [0.4, 0.5) is 14.5 Å². The first kappa shape index (κ1) is 22.6. The van der Waals surface area contributed by atoms with E-state index in [-0.39, 0.29) is 17.4 Å². The number of piperidine rings is 1. The van der Waals surface area contributed by atoms with Crippen molar-refractivity contribution >= 4 is 17.5 Å². The number of nitrogens with zero attached hydrogens (tertiary/aromatic N) is 3. The van der Waals surface area contributed by atoms with Crippen molar-refractivity contribution in [2.24, 2.45) is 5.92 Å². The molecule has 1 aliphatic rings. The van der Waals surface area contributed by atoms with Gasteiger partial charge >= 0.3 is 0 Å². The predicted octanol–water partition coefficient (Wildman–Crippen LogP) is 4.57. The number of amides is 2. The van der Waals surface area contributed by atoms with Gasteiger partial charge in [0.25, 0.3) is 5.91 Å². The summed E-state index contributed by atoms with van der Waals surface area (Å²) in [7, 11) is 0. The summed E-state index contributed by atoms with van der Waals surface area (Å²) in [5.41, 5.74) is 4.16. The number of hydrogen-bond acceptors (Lipinski definition) is 3. The van der Waals surface area contributed by atoms with Crippen molar-refractivity contribution in [3.63, 3.8) is 0 Å². The fourth-order valence-electron chi connectivity index (χ4n) is 4.16. The first-order chi connectivity index (χ1) is 15.7. The largest absolute Gasteiger partial charge is 0.339 e. The highest BCUT2D eigenvalue weighted by Crippen LogP contribution is 2.26. The quantitative estimate of drug-likeness (QED) is 0.631. The normalized spacial score (nSPS) is 14.4. The minimum atomic E-state index is -0.878. The Morgan fingerprint density at radius 1 is 1.00 bits per heavy atom. The minimum absolute atomic E-state index is 0.121. The van der Waals surface area contributed by atoms with Crippen molar-refractivity contribution in [1.29, 1.82) is 0 Å². The fourth-order valence-corrected chi connectivity index (χ4v) is 4.16. The summed E-state index contributed by atoms with van der Waals surface area (Å²) in [4.78, 5) is 27.1. The van der Waals surface area contributed by atoms with Gasteiger partial charge in [-0.05, 0) is 57.9 Å². The first-order valence-corrected chi connectivity index (χ1v) is 10.9. The zero-order valence-electron chi connectivity index (χ0n) is 18.9. The highest BCUT2D eigenvalue weighted by molar-refractivity contribution is 5.96. The highest BCUT2D eigenvalue weighted by atomic mass is 19.1. The molecule has 2 aromatic carbocycles. The monoisotopic (exact) mass is 452 g/mol. The van der Waals surface area contributed by atoms with Crippen molar-refractivity contribution in [2.45, 2.75) is 33.6 Å². The number of carbonyl (C=O) groups is 2. The van der Waals surface area contributed by atoms with Crippen LogP contribution in [-0.4, -0.2) is 39.6 Å². The van der Waals surface area contributed by atoms with Crippen molar-refractivity contribution in [2.75, 3.05) is 18.4 Å². The SMILES string of the molecule is Cc1ccc(-n2nc(C)c(NC(=O)C3CCN(C(=O)c4ccc(F)cc4F)CC3)c2C)cc1. The van der Waals surface area contributed by atoms with E-state index in [1.54, 1.807) is 0 Å². The Balaban J connectivity index is 1.40. The first-order valence-electron chi connectivity index (χ1n) is 10.9. The van der Waals surface area contributed by atoms with E-state index in [1.807, 2.05) is 49.7 Å². The van der Waals surface area contributed by atoms with E-state index in [1.165, 1.54) is 4.90 Å². The summed E-state index contributed by atoms with van der Waals surface area (Å²) >= 11 is 0. The molecule has 0 saturated carbocycles. The van der Waals surface area contributed by atoms with E-state index in [9.17, 15) is 18.4 Å². The maximum atomic E-state index is 14.0. The second-order valence-corrected chi connectivity index (χ2v) is 8.47. The average Bonchev–Trinajstić information content (AvgIpc) is 3.07. The molecule has 1 N–H and O–H groups in total. The molecule has 172 valence electrons. The number of benzene rings is 2. The summed E-state index contributed by atoms with van der Waals surface area (Å²) in [6.45, 7) is 6.44. The Labute approximate surface area is 191 Å². The lowest BCUT2D eigenvalue weighted by Crippen LogP contribution is -2.41. The Kier molecular flexibility index (Phi) is 6.26. The fraction of sp³-hybridized carbons (Fsp3) is 0.320. The number of rotatable bonds is 4. The molecule has 1 fully saturated rings. The molecule has 4 rings (SSSR count). The van der Waals surface area contributed by atoms with Gasteiger partial charge in [-0.3, -0.25) is 9.59 Å². The third-order valence-electron chi connectivity index (χ3n) is 6.13. The molecule has 1 saturated heterocycles. The number of anilines is 1. The standard InChI is InChI=1S/C25H26F2N4O2/c1-15-4-7-20(8-5-15)31-17(3)23(16(2)29-31)28-24(32)18-10-12-30(13-11-18)25(33)21-9-6-19(26)14-22(21)27/h4-9,14,18H,10-13H2,1-3H3,(H,28,32). The molecule has 3 aromatic rings. The molecule has 1 aliphatic heterocycles. The van der Waals surface area contributed by atoms with Gasteiger partial charge in [-0.2, -0.15) is 5.10 Å². The van der Waals surface area contributed by atoms with Gasteiger partial charge in [-0.1, -0.05) is 17.7 Å². The summed E-state index contributed by atoms with van der Waals surface area (Å²) in [6.07, 6.45) is 0.926. The molecule has 2 heterocycles. The lowest BCUT2D eigenvalue weighted by atomic mass is 9.95. The Bertz CT molecular complexity index is 1200. The number of aryl methyl sites for hydroxylation is 2. The van der Waals surface area contributed by atoms with Crippen LogP contribution in [0.3, 0.4) is 0 Å². The molecule has 0 spiro atoms. The molecule has 1 aromatic heterocycles. The summed E-state index contributed by atoms with van der Waals surface area (Å²) in [6, 6.07) is 10.9. The molecule has 8 heteroatoms. The van der Waals surface area contributed by atoms with E-state index in [2.05, 4.69) is 10.4 Å². The van der Waals surface area contributed by atoms with Crippen LogP contribution in [0.1, 0.15) is 40.2 Å². The van der Waals surface area contributed by atoms with Crippen LogP contribution in [-0.2, 0) is 4.79 Å². The third-order valence-corrected chi connectivity index (χ3v) is 6.13. The number of hydrogen-bond donors (Lipinski definition) is 1. The summed E-state index contributed by atoms with van der Waals surface area (Å²) in [5, 5.41) is 7.59. The number of aromatic nitrogens is 2. The van der Waals surface area contributed by atoms with Gasteiger partial charge in [0.1, 0.15) is 11.6 Å². The molecular formula is C25H26F2N4O2. The second-order valence-electron chi connectivity index (χ2n) is 8.47. The molecule has 0 radical (unpaired) electrons. The van der Waals surface area contributed by atoms with Crippen LogP contribution in [0.2, 0.25) is 0 Å². The van der Waals surface area contributed by atoms with E-state index < -0.39 is 17.5 Å². The molecule has 0 atom stereocenters. The van der Waals surface area contributed by atoms with Crippen LogP contribution in [0.25, 0.3) is 5.69 Å². The second kappa shape index (κ2) is 9.13. The van der Waals surface area contributed by atoms with Crippen LogP contribution < -0.4 is 5.32 Å². The van der Waals surface area contributed by atoms with Gasteiger partial charge in [-0.15, -0.1) is 0 Å². The molecule has 0 aliphatic carbocycles. The third kappa shape index (κ3) is 4.65. The summed E-state index contributed by atoms with van der Waals surface area (Å²) < 4.78 is 28.9. The molecule has 0 unspecified atom stereocenters. The molecule has 0 bridgehead atoms. The number of likely N-dealkylation sites (tertiary alicyclic amines) is 1. The van der Waals surface area contributed by atoms with Gasteiger partial charge in [0.15, 0.2) is 0 Å². The average molecular weight is 453 g/mol. The smallest absolute Gasteiger partial charge is 0.256 e. The van der Waals surface area contributed by atoms with Crippen molar-refractivity contribution in [3.8, 4) is 5.69 Å². The Morgan fingerprint density at radius 3 is 2.30 bits per heavy atom. The summed E-state index contributed by atoms with van der Waals surface area (Å²) in [5.74, 6) is -2.48. The Morgan fingerprint density at radius 2 is 1.67 bits per heavy atom. The molecule has 33 heavy (non-hydrogen) atoms. The zero-order valence-corrected chi connectivity index (χ0v) is 18.9. The lowest BCUT2D eigenvalue weighted by Gasteiger charge is -2.31. The number of halogens is 2. The lowest BCUT2D eigenvalue weighted by molar-refractivity contribution is -0.121. The van der Waals surface area contributed by atoms with E-state index in [0.717, 1.165) is 34.8 Å². The van der Waals surface area contributed by atoms with E-state index in [4.69, 9.17) is 0 Å². The minimum Gasteiger partial charge on any atom is -0.339 e. The van der Waals surface area contributed by atoms with Crippen LogP contribution >= 0.6 is 0 Å². The van der Waals surface area contributed by atoms with Crippen molar-refractivity contribution in [3.05, 3.63) is 76.6 Å².